The van der Waals surface area contributed by atoms with Crippen LogP contribution in [0.2, 0.25) is 0 Å². The van der Waals surface area contributed by atoms with Crippen LogP contribution in [-0.2, 0) is 5.88 Å². The number of furan rings is 1. The van der Waals surface area contributed by atoms with Crippen molar-refractivity contribution < 1.29 is 18.3 Å². The molecular formula is C13H10ClFO3. The lowest BCUT2D eigenvalue weighted by atomic mass is 10.1. The predicted octanol–water partition coefficient (Wildman–Crippen LogP) is 3.40. The standard InChI is InChI=1S/C13H10ClFO3/c1-17-11-4-2-8(6-10(11)15)13(16)12-5-3-9(7-14)18-12/h2-6H,7H2,1H3. The molecule has 0 aliphatic heterocycles. The number of hydrogen-bond donors (Lipinski definition) is 0. The second-order valence-corrected chi connectivity index (χ2v) is 3.85. The highest BCUT2D eigenvalue weighted by atomic mass is 35.5. The van der Waals surface area contributed by atoms with Crippen molar-refractivity contribution in [1.82, 2.24) is 0 Å². The van der Waals surface area contributed by atoms with Crippen molar-refractivity contribution in [2.24, 2.45) is 0 Å². The average Bonchev–Trinajstić information content (AvgIpc) is 2.86. The summed E-state index contributed by atoms with van der Waals surface area (Å²) < 4.78 is 23.5. The number of methoxy groups -OCH3 is 1. The van der Waals surface area contributed by atoms with Crippen LogP contribution in [0.1, 0.15) is 21.9 Å². The second-order valence-electron chi connectivity index (χ2n) is 3.58. The lowest BCUT2D eigenvalue weighted by molar-refractivity contribution is 0.101. The van der Waals surface area contributed by atoms with Gasteiger partial charge in [-0.15, -0.1) is 11.6 Å². The third-order valence-corrected chi connectivity index (χ3v) is 2.69. The van der Waals surface area contributed by atoms with Crippen LogP contribution in [0.4, 0.5) is 4.39 Å². The molecule has 0 unspecified atom stereocenters. The van der Waals surface area contributed by atoms with Crippen LogP contribution in [-0.4, -0.2) is 12.9 Å². The number of halogens is 2. The Balaban J connectivity index is 2.31. The molecule has 0 N–H and O–H groups in total. The molecule has 1 aromatic carbocycles. The fourth-order valence-corrected chi connectivity index (χ4v) is 1.67. The number of carbonyl (C=O) groups excluding carboxylic acids is 1. The van der Waals surface area contributed by atoms with Gasteiger partial charge in [-0.1, -0.05) is 0 Å². The number of benzene rings is 1. The largest absolute Gasteiger partial charge is 0.494 e. The molecule has 0 fully saturated rings. The molecule has 0 aliphatic rings. The number of hydrogen-bond acceptors (Lipinski definition) is 3. The molecule has 0 bridgehead atoms. The van der Waals surface area contributed by atoms with E-state index in [0.717, 1.165) is 6.07 Å². The first-order valence-electron chi connectivity index (χ1n) is 5.18. The monoisotopic (exact) mass is 268 g/mol. The summed E-state index contributed by atoms with van der Waals surface area (Å²) in [5.41, 5.74) is 0.198. The van der Waals surface area contributed by atoms with Crippen molar-refractivity contribution in [3.8, 4) is 5.75 Å². The Morgan fingerprint density at radius 2 is 2.17 bits per heavy atom. The van der Waals surface area contributed by atoms with Crippen molar-refractivity contribution in [1.29, 1.82) is 0 Å². The van der Waals surface area contributed by atoms with E-state index in [1.54, 1.807) is 6.07 Å². The van der Waals surface area contributed by atoms with Crippen LogP contribution in [0.3, 0.4) is 0 Å². The van der Waals surface area contributed by atoms with E-state index in [0.29, 0.717) is 5.76 Å². The van der Waals surface area contributed by atoms with E-state index >= 15 is 0 Å². The topological polar surface area (TPSA) is 39.4 Å². The highest BCUT2D eigenvalue weighted by Crippen LogP contribution is 2.21. The Morgan fingerprint density at radius 3 is 2.72 bits per heavy atom. The second kappa shape index (κ2) is 5.23. The fraction of sp³-hybridized carbons (Fsp3) is 0.154. The van der Waals surface area contributed by atoms with Gasteiger partial charge in [0.25, 0.3) is 0 Å². The molecule has 0 saturated heterocycles. The Hall–Kier alpha value is -1.81. The molecule has 94 valence electrons. The SMILES string of the molecule is COc1ccc(C(=O)c2ccc(CCl)o2)cc1F. The van der Waals surface area contributed by atoms with E-state index in [9.17, 15) is 9.18 Å². The number of carbonyl (C=O) groups is 1. The van der Waals surface area contributed by atoms with E-state index in [-0.39, 0.29) is 23.0 Å². The first kappa shape index (κ1) is 12.6. The van der Waals surface area contributed by atoms with Gasteiger partial charge in [0.2, 0.25) is 5.78 Å². The molecular weight excluding hydrogens is 259 g/mol. The predicted molar refractivity (Wildman–Crippen MR) is 64.6 cm³/mol. The third kappa shape index (κ3) is 2.38. The zero-order chi connectivity index (χ0) is 13.1. The quantitative estimate of drug-likeness (QED) is 0.630. The summed E-state index contributed by atoms with van der Waals surface area (Å²) in [6.07, 6.45) is 0. The molecule has 1 aromatic heterocycles. The van der Waals surface area contributed by atoms with Gasteiger partial charge in [-0.25, -0.2) is 4.39 Å². The lowest BCUT2D eigenvalue weighted by Gasteiger charge is -2.03. The summed E-state index contributed by atoms with van der Waals surface area (Å²) in [5.74, 6) is -0.0818. The van der Waals surface area contributed by atoms with E-state index in [4.69, 9.17) is 20.8 Å². The zero-order valence-electron chi connectivity index (χ0n) is 9.57. The van der Waals surface area contributed by atoms with E-state index in [1.165, 1.54) is 25.3 Å². The molecule has 0 radical (unpaired) electrons. The first-order valence-corrected chi connectivity index (χ1v) is 5.72. The maximum Gasteiger partial charge on any atom is 0.228 e. The Morgan fingerprint density at radius 1 is 1.39 bits per heavy atom. The van der Waals surface area contributed by atoms with Crippen molar-refractivity contribution in [2.45, 2.75) is 5.88 Å². The van der Waals surface area contributed by atoms with Crippen LogP contribution < -0.4 is 4.74 Å². The molecule has 3 nitrogen and oxygen atoms in total. The van der Waals surface area contributed by atoms with Crippen molar-refractivity contribution >= 4 is 17.4 Å². The molecule has 2 aromatic rings. The summed E-state index contributed by atoms with van der Waals surface area (Å²) in [4.78, 5) is 12.0. The van der Waals surface area contributed by atoms with Gasteiger partial charge < -0.3 is 9.15 Å². The normalized spacial score (nSPS) is 10.4. The Kier molecular flexibility index (Phi) is 3.67. The van der Waals surface area contributed by atoms with E-state index in [2.05, 4.69) is 0 Å². The molecule has 0 atom stereocenters. The third-order valence-electron chi connectivity index (χ3n) is 2.43. The summed E-state index contributed by atoms with van der Waals surface area (Å²) in [7, 11) is 1.36. The summed E-state index contributed by atoms with van der Waals surface area (Å²) in [5, 5.41) is 0. The van der Waals surface area contributed by atoms with Gasteiger partial charge in [-0.05, 0) is 30.3 Å². The summed E-state index contributed by atoms with van der Waals surface area (Å²) in [6.45, 7) is 0. The first-order chi connectivity index (χ1) is 8.65. The summed E-state index contributed by atoms with van der Waals surface area (Å²) in [6, 6.07) is 7.12. The van der Waals surface area contributed by atoms with Crippen LogP contribution >= 0.6 is 11.6 Å². The van der Waals surface area contributed by atoms with Gasteiger partial charge in [-0.3, -0.25) is 4.79 Å². The number of ketones is 1. The number of ether oxygens (including phenoxy) is 1. The van der Waals surface area contributed by atoms with Crippen LogP contribution in [0.25, 0.3) is 0 Å². The Bertz CT molecular complexity index is 577. The maximum absolute atomic E-state index is 13.5. The summed E-state index contributed by atoms with van der Waals surface area (Å²) >= 11 is 5.57. The van der Waals surface area contributed by atoms with Gasteiger partial charge in [0.15, 0.2) is 17.3 Å². The lowest BCUT2D eigenvalue weighted by Crippen LogP contribution is -2.01. The molecule has 0 aliphatic carbocycles. The minimum Gasteiger partial charge on any atom is -0.494 e. The highest BCUT2D eigenvalue weighted by molar-refractivity contribution is 6.16. The van der Waals surface area contributed by atoms with Gasteiger partial charge >= 0.3 is 0 Å². The number of rotatable bonds is 4. The Labute approximate surface area is 108 Å². The molecule has 0 spiro atoms. The van der Waals surface area contributed by atoms with Crippen molar-refractivity contribution in [3.05, 3.63) is 53.2 Å². The molecule has 2 rings (SSSR count). The van der Waals surface area contributed by atoms with Crippen LogP contribution in [0, 0.1) is 5.82 Å². The van der Waals surface area contributed by atoms with Gasteiger partial charge in [0.1, 0.15) is 5.76 Å². The van der Waals surface area contributed by atoms with E-state index < -0.39 is 11.6 Å². The minimum atomic E-state index is -0.590. The fourth-order valence-electron chi connectivity index (χ4n) is 1.52. The highest BCUT2D eigenvalue weighted by Gasteiger charge is 2.15. The minimum absolute atomic E-state index is 0.0902. The van der Waals surface area contributed by atoms with Crippen LogP contribution in [0.15, 0.2) is 34.7 Å². The van der Waals surface area contributed by atoms with Gasteiger partial charge in [-0.2, -0.15) is 0 Å². The van der Waals surface area contributed by atoms with Gasteiger partial charge in [0, 0.05) is 5.56 Å². The molecule has 0 amide bonds. The van der Waals surface area contributed by atoms with Crippen molar-refractivity contribution in [3.63, 3.8) is 0 Å². The zero-order valence-corrected chi connectivity index (χ0v) is 10.3. The smallest absolute Gasteiger partial charge is 0.228 e. The van der Waals surface area contributed by atoms with Crippen LogP contribution in [0.5, 0.6) is 5.75 Å². The van der Waals surface area contributed by atoms with E-state index in [1.807, 2.05) is 0 Å². The maximum atomic E-state index is 13.5. The molecule has 1 heterocycles. The molecule has 5 heteroatoms. The molecule has 0 saturated carbocycles. The molecule has 18 heavy (non-hydrogen) atoms. The van der Waals surface area contributed by atoms with Crippen molar-refractivity contribution in [2.75, 3.05) is 7.11 Å². The van der Waals surface area contributed by atoms with Gasteiger partial charge in [0.05, 0.1) is 13.0 Å². The number of alkyl halides is 1. The average molecular weight is 269 g/mol.